The summed E-state index contributed by atoms with van der Waals surface area (Å²) in [5, 5.41) is 0. The summed E-state index contributed by atoms with van der Waals surface area (Å²) in [6, 6.07) is 4.45. The minimum absolute atomic E-state index is 0.0452. The van der Waals surface area contributed by atoms with E-state index in [-0.39, 0.29) is 29.6 Å². The molecular formula is C21H28FNO4. The monoisotopic (exact) mass is 377 g/mol. The molecule has 1 atom stereocenters. The molecule has 148 valence electrons. The van der Waals surface area contributed by atoms with Gasteiger partial charge in [0.05, 0.1) is 12.2 Å². The molecule has 0 aromatic heterocycles. The maximum absolute atomic E-state index is 14.3. The van der Waals surface area contributed by atoms with Crippen LogP contribution < -0.4 is 4.74 Å². The van der Waals surface area contributed by atoms with Gasteiger partial charge >= 0.3 is 6.09 Å². The molecule has 1 aliphatic heterocycles. The van der Waals surface area contributed by atoms with Crippen molar-refractivity contribution in [2.75, 3.05) is 19.7 Å². The van der Waals surface area contributed by atoms with Crippen molar-refractivity contribution < 1.29 is 23.5 Å². The van der Waals surface area contributed by atoms with Crippen LogP contribution in [0.15, 0.2) is 18.2 Å². The van der Waals surface area contributed by atoms with Crippen LogP contribution in [0.4, 0.5) is 9.18 Å². The number of piperidine rings is 1. The molecule has 2 aliphatic rings. The Bertz CT molecular complexity index is 709. The van der Waals surface area contributed by atoms with Crippen LogP contribution in [0.25, 0.3) is 0 Å². The lowest BCUT2D eigenvalue weighted by molar-refractivity contribution is 0.0171. The Kier molecular flexibility index (Phi) is 5.72. The number of nitrogens with zero attached hydrogens (tertiary/aromatic N) is 1. The van der Waals surface area contributed by atoms with E-state index in [9.17, 15) is 14.0 Å². The number of benzene rings is 1. The highest BCUT2D eigenvalue weighted by Gasteiger charge is 2.33. The Labute approximate surface area is 159 Å². The Balaban J connectivity index is 1.71. The van der Waals surface area contributed by atoms with Gasteiger partial charge in [0, 0.05) is 19.0 Å². The van der Waals surface area contributed by atoms with Gasteiger partial charge in [0.1, 0.15) is 5.60 Å². The summed E-state index contributed by atoms with van der Waals surface area (Å²) < 4.78 is 25.3. The normalized spacial score (nSPS) is 20.3. The second-order valence-electron chi connectivity index (χ2n) is 8.50. The van der Waals surface area contributed by atoms with Gasteiger partial charge in [-0.05, 0) is 64.5 Å². The average molecular weight is 377 g/mol. The van der Waals surface area contributed by atoms with E-state index < -0.39 is 17.5 Å². The zero-order valence-electron chi connectivity index (χ0n) is 16.3. The summed E-state index contributed by atoms with van der Waals surface area (Å²) in [5.74, 6) is -0.556. The lowest BCUT2D eigenvalue weighted by Gasteiger charge is -2.33. The van der Waals surface area contributed by atoms with E-state index in [1.54, 1.807) is 11.0 Å². The van der Waals surface area contributed by atoms with Crippen molar-refractivity contribution in [1.29, 1.82) is 0 Å². The number of rotatable bonds is 5. The zero-order valence-corrected chi connectivity index (χ0v) is 16.3. The molecule has 1 aromatic rings. The van der Waals surface area contributed by atoms with Crippen molar-refractivity contribution in [3.63, 3.8) is 0 Å². The molecular weight excluding hydrogens is 349 g/mol. The van der Waals surface area contributed by atoms with Gasteiger partial charge in [0.25, 0.3) is 0 Å². The van der Waals surface area contributed by atoms with E-state index in [1.807, 2.05) is 20.8 Å². The number of carbonyl (C=O) groups excluding carboxylic acids is 2. The van der Waals surface area contributed by atoms with E-state index in [0.29, 0.717) is 31.9 Å². The van der Waals surface area contributed by atoms with Crippen molar-refractivity contribution in [2.24, 2.45) is 11.8 Å². The van der Waals surface area contributed by atoms with Crippen molar-refractivity contribution in [3.05, 3.63) is 29.6 Å². The zero-order chi connectivity index (χ0) is 19.6. The van der Waals surface area contributed by atoms with E-state index in [0.717, 1.165) is 12.8 Å². The molecule has 0 radical (unpaired) electrons. The number of halogens is 1. The Hall–Kier alpha value is -2.11. The lowest BCUT2D eigenvalue weighted by Crippen LogP contribution is -2.44. The summed E-state index contributed by atoms with van der Waals surface area (Å²) in [6.07, 6.45) is 3.14. The molecule has 1 unspecified atom stereocenters. The molecule has 2 fully saturated rings. The Morgan fingerprint density at radius 2 is 1.96 bits per heavy atom. The molecule has 1 saturated heterocycles. The predicted octanol–water partition coefficient (Wildman–Crippen LogP) is 4.44. The molecule has 0 N–H and O–H groups in total. The highest BCUT2D eigenvalue weighted by molar-refractivity contribution is 6.00. The minimum atomic E-state index is -0.583. The first-order valence-electron chi connectivity index (χ1n) is 9.68. The summed E-state index contributed by atoms with van der Waals surface area (Å²) in [7, 11) is 0. The number of para-hydroxylation sites is 1. The van der Waals surface area contributed by atoms with E-state index in [2.05, 4.69) is 0 Å². The fourth-order valence-corrected chi connectivity index (χ4v) is 3.24. The lowest BCUT2D eigenvalue weighted by atomic mass is 9.89. The van der Waals surface area contributed by atoms with E-state index in [1.165, 1.54) is 12.1 Å². The maximum Gasteiger partial charge on any atom is 0.410 e. The third kappa shape index (κ3) is 5.21. The molecule has 1 saturated carbocycles. The Morgan fingerprint density at radius 3 is 2.63 bits per heavy atom. The highest BCUT2D eigenvalue weighted by Crippen LogP contribution is 2.33. The van der Waals surface area contributed by atoms with Crippen LogP contribution >= 0.6 is 0 Å². The second-order valence-corrected chi connectivity index (χ2v) is 8.50. The van der Waals surface area contributed by atoms with Crippen molar-refractivity contribution >= 4 is 11.9 Å². The largest absolute Gasteiger partial charge is 0.489 e. The Morgan fingerprint density at radius 1 is 1.22 bits per heavy atom. The van der Waals surface area contributed by atoms with Crippen LogP contribution in [-0.2, 0) is 4.74 Å². The topological polar surface area (TPSA) is 55.8 Å². The molecule has 1 aliphatic carbocycles. The van der Waals surface area contributed by atoms with Crippen LogP contribution in [0.3, 0.4) is 0 Å². The quantitative estimate of drug-likeness (QED) is 0.712. The number of Topliss-reactive ketones (excluding diaryl/α,β-unsaturated/α-hetero) is 1. The van der Waals surface area contributed by atoms with Gasteiger partial charge in [0.2, 0.25) is 0 Å². The van der Waals surface area contributed by atoms with Crippen molar-refractivity contribution in [3.8, 4) is 5.75 Å². The van der Waals surface area contributed by atoms with Gasteiger partial charge in [-0.25, -0.2) is 9.18 Å². The molecule has 1 heterocycles. The fourth-order valence-electron chi connectivity index (χ4n) is 3.24. The summed E-state index contributed by atoms with van der Waals surface area (Å²) in [5.41, 5.74) is -0.313. The molecule has 27 heavy (non-hydrogen) atoms. The first kappa shape index (κ1) is 19.6. The van der Waals surface area contributed by atoms with Crippen LogP contribution in [0.2, 0.25) is 0 Å². The summed E-state index contributed by atoms with van der Waals surface area (Å²) in [6.45, 7) is 6.73. The third-order valence-electron chi connectivity index (χ3n) is 4.84. The number of ketones is 1. The van der Waals surface area contributed by atoms with Gasteiger partial charge in [-0.1, -0.05) is 6.07 Å². The first-order valence-corrected chi connectivity index (χ1v) is 9.68. The number of amides is 1. The van der Waals surface area contributed by atoms with Crippen LogP contribution in [0.5, 0.6) is 5.75 Å². The molecule has 1 aromatic carbocycles. The number of carbonyl (C=O) groups is 2. The highest BCUT2D eigenvalue weighted by atomic mass is 19.1. The van der Waals surface area contributed by atoms with Crippen LogP contribution in [0.1, 0.15) is 56.8 Å². The fraction of sp³-hybridized carbons (Fsp3) is 0.619. The van der Waals surface area contributed by atoms with Crippen molar-refractivity contribution in [2.45, 2.75) is 52.1 Å². The molecule has 0 bridgehead atoms. The number of likely N-dealkylation sites (tertiary alicyclic amines) is 1. The van der Waals surface area contributed by atoms with Gasteiger partial charge in [-0.15, -0.1) is 0 Å². The summed E-state index contributed by atoms with van der Waals surface area (Å²) in [4.78, 5) is 27.0. The SMILES string of the molecule is CC(C)(C)OC(=O)N1CCCC(C(=O)c2cccc(F)c2OCC2CC2)C1. The van der Waals surface area contributed by atoms with E-state index in [4.69, 9.17) is 9.47 Å². The maximum atomic E-state index is 14.3. The van der Waals surface area contributed by atoms with Gasteiger partial charge < -0.3 is 14.4 Å². The first-order chi connectivity index (χ1) is 12.7. The number of ether oxygens (including phenoxy) is 2. The second kappa shape index (κ2) is 7.87. The van der Waals surface area contributed by atoms with E-state index >= 15 is 0 Å². The average Bonchev–Trinajstić information content (AvgIpc) is 3.43. The number of hydrogen-bond donors (Lipinski definition) is 0. The van der Waals surface area contributed by atoms with Gasteiger partial charge in [-0.2, -0.15) is 0 Å². The smallest absolute Gasteiger partial charge is 0.410 e. The van der Waals surface area contributed by atoms with Gasteiger partial charge in [0.15, 0.2) is 17.3 Å². The standard InChI is InChI=1S/C21H28FNO4/c1-21(2,3)27-20(25)23-11-5-6-15(12-23)18(24)16-7-4-8-17(22)19(16)26-13-14-9-10-14/h4,7-8,14-15H,5-6,9-13H2,1-3H3. The van der Waals surface area contributed by atoms with Crippen LogP contribution in [0, 0.1) is 17.7 Å². The van der Waals surface area contributed by atoms with Crippen molar-refractivity contribution in [1.82, 2.24) is 4.90 Å². The minimum Gasteiger partial charge on any atom is -0.489 e. The number of hydrogen-bond acceptors (Lipinski definition) is 4. The molecule has 6 heteroatoms. The van der Waals surface area contributed by atoms with Gasteiger partial charge in [-0.3, -0.25) is 4.79 Å². The predicted molar refractivity (Wildman–Crippen MR) is 99.5 cm³/mol. The molecule has 5 nitrogen and oxygen atoms in total. The third-order valence-corrected chi connectivity index (χ3v) is 4.84. The van der Waals surface area contributed by atoms with Crippen LogP contribution in [-0.4, -0.2) is 42.1 Å². The summed E-state index contributed by atoms with van der Waals surface area (Å²) >= 11 is 0. The molecule has 1 amide bonds. The molecule has 3 rings (SSSR count). The molecule has 0 spiro atoms.